The second-order valence-corrected chi connectivity index (χ2v) is 9.06. The summed E-state index contributed by atoms with van der Waals surface area (Å²) >= 11 is 1.47. The molecule has 0 bridgehead atoms. The first-order chi connectivity index (χ1) is 17.2. The molecule has 0 fully saturated rings. The van der Waals surface area contributed by atoms with Crippen LogP contribution in [0.25, 0.3) is 34.1 Å². The number of hydrogen-bond donors (Lipinski definition) is 0. The zero-order valence-electron chi connectivity index (χ0n) is 19.1. The van der Waals surface area contributed by atoms with Gasteiger partial charge >= 0.3 is 0 Å². The van der Waals surface area contributed by atoms with Crippen molar-refractivity contribution in [2.45, 2.75) is 24.0 Å². The van der Waals surface area contributed by atoms with Crippen LogP contribution < -0.4 is 0 Å². The molecule has 6 rings (SSSR count). The summed E-state index contributed by atoms with van der Waals surface area (Å²) in [7, 11) is 0. The van der Waals surface area contributed by atoms with Gasteiger partial charge < -0.3 is 0 Å². The minimum atomic E-state index is 0.509. The van der Waals surface area contributed by atoms with Crippen LogP contribution in [0.4, 0.5) is 0 Å². The summed E-state index contributed by atoms with van der Waals surface area (Å²) in [4.78, 5) is 13.2. The largest absolute Gasteiger partial charge is 0.270 e. The summed E-state index contributed by atoms with van der Waals surface area (Å²) in [6, 6.07) is 22.3. The fourth-order valence-electron chi connectivity index (χ4n) is 3.82. The lowest BCUT2D eigenvalue weighted by atomic mass is 10.1. The Labute approximate surface area is 205 Å². The van der Waals surface area contributed by atoms with Crippen LogP contribution in [0.3, 0.4) is 0 Å². The maximum absolute atomic E-state index is 4.66. The van der Waals surface area contributed by atoms with Crippen molar-refractivity contribution >= 4 is 17.5 Å². The Bertz CT molecular complexity index is 1640. The number of benzene rings is 2. The highest BCUT2D eigenvalue weighted by Crippen LogP contribution is 2.34. The van der Waals surface area contributed by atoms with Crippen molar-refractivity contribution in [2.75, 3.05) is 0 Å². The summed E-state index contributed by atoms with van der Waals surface area (Å²) in [5.74, 6) is 1.28. The van der Waals surface area contributed by atoms with E-state index < -0.39 is 0 Å². The van der Waals surface area contributed by atoms with Crippen LogP contribution in [0.2, 0.25) is 0 Å². The second kappa shape index (κ2) is 8.77. The van der Waals surface area contributed by atoms with Gasteiger partial charge in [0.2, 0.25) is 5.16 Å². The number of nitrogens with zero attached hydrogens (tertiary/aromatic N) is 8. The lowest BCUT2D eigenvalue weighted by Crippen LogP contribution is -2.02. The van der Waals surface area contributed by atoms with E-state index in [0.29, 0.717) is 10.9 Å². The lowest BCUT2D eigenvalue weighted by Gasteiger charge is -2.13. The van der Waals surface area contributed by atoms with E-state index in [4.69, 9.17) is 0 Å². The molecule has 170 valence electrons. The van der Waals surface area contributed by atoms with Gasteiger partial charge in [-0.05, 0) is 67.1 Å². The van der Waals surface area contributed by atoms with Crippen molar-refractivity contribution in [3.8, 4) is 28.3 Å². The van der Waals surface area contributed by atoms with E-state index >= 15 is 0 Å². The van der Waals surface area contributed by atoms with Gasteiger partial charge in [-0.15, -0.1) is 10.2 Å². The van der Waals surface area contributed by atoms with Gasteiger partial charge in [-0.1, -0.05) is 36.4 Å². The third kappa shape index (κ3) is 3.95. The fraction of sp³-hybridized carbons (Fsp3) is 0.0769. The highest BCUT2D eigenvalue weighted by Gasteiger charge is 2.20. The van der Waals surface area contributed by atoms with Crippen molar-refractivity contribution in [1.29, 1.82) is 0 Å². The average molecular weight is 477 g/mol. The molecule has 0 N–H and O–H groups in total. The molecule has 0 aliphatic carbocycles. The maximum Gasteiger partial charge on any atom is 0.253 e. The van der Waals surface area contributed by atoms with E-state index in [9.17, 15) is 0 Å². The zero-order valence-corrected chi connectivity index (χ0v) is 19.9. The molecular weight excluding hydrogens is 456 g/mol. The Morgan fingerprint density at radius 2 is 1.69 bits per heavy atom. The number of fused-ring (bicyclic) bond motifs is 1. The first kappa shape index (κ1) is 21.2. The van der Waals surface area contributed by atoms with Crippen molar-refractivity contribution in [3.63, 3.8) is 0 Å². The third-order valence-corrected chi connectivity index (χ3v) is 6.73. The monoisotopic (exact) mass is 476 g/mol. The predicted octanol–water partition coefficient (Wildman–Crippen LogP) is 5.20. The van der Waals surface area contributed by atoms with Crippen LogP contribution in [0, 0.1) is 13.8 Å². The van der Waals surface area contributed by atoms with Crippen molar-refractivity contribution in [1.82, 2.24) is 39.3 Å². The van der Waals surface area contributed by atoms with E-state index in [-0.39, 0.29) is 0 Å². The van der Waals surface area contributed by atoms with Crippen LogP contribution in [-0.2, 0) is 0 Å². The van der Waals surface area contributed by atoms with Gasteiger partial charge in [0.05, 0.1) is 11.4 Å². The Balaban J connectivity index is 1.52. The highest BCUT2D eigenvalue weighted by atomic mass is 32.2. The molecule has 8 nitrogen and oxygen atoms in total. The Morgan fingerprint density at radius 3 is 2.49 bits per heavy atom. The molecule has 35 heavy (non-hydrogen) atoms. The minimum absolute atomic E-state index is 0.509. The van der Waals surface area contributed by atoms with E-state index in [1.807, 2.05) is 48.5 Å². The maximum atomic E-state index is 4.66. The Hall–Kier alpha value is -4.37. The Morgan fingerprint density at radius 1 is 0.829 bits per heavy atom. The number of pyridine rings is 1. The molecule has 0 unspecified atom stereocenters. The molecular formula is C26H20N8S. The summed E-state index contributed by atoms with van der Waals surface area (Å²) in [6.45, 7) is 4.22. The first-order valence-corrected chi connectivity index (χ1v) is 11.9. The van der Waals surface area contributed by atoms with Gasteiger partial charge in [0.1, 0.15) is 11.4 Å². The van der Waals surface area contributed by atoms with Crippen LogP contribution in [-0.4, -0.2) is 39.3 Å². The summed E-state index contributed by atoms with van der Waals surface area (Å²) in [6.07, 6.45) is 5.03. The van der Waals surface area contributed by atoms with Gasteiger partial charge in [-0.25, -0.2) is 4.98 Å². The van der Waals surface area contributed by atoms with E-state index in [1.54, 1.807) is 16.9 Å². The van der Waals surface area contributed by atoms with Gasteiger partial charge in [0.15, 0.2) is 5.82 Å². The third-order valence-electron chi connectivity index (χ3n) is 5.79. The summed E-state index contributed by atoms with van der Waals surface area (Å²) in [5, 5.41) is 15.1. The number of aryl methyl sites for hydroxylation is 2. The van der Waals surface area contributed by atoms with E-state index in [0.717, 1.165) is 33.4 Å². The van der Waals surface area contributed by atoms with Gasteiger partial charge in [-0.2, -0.15) is 14.6 Å². The second-order valence-electron chi connectivity index (χ2n) is 8.07. The Kier molecular flexibility index (Phi) is 5.31. The fourth-order valence-corrected chi connectivity index (χ4v) is 4.76. The molecule has 0 saturated heterocycles. The quantitative estimate of drug-likeness (QED) is 0.316. The van der Waals surface area contributed by atoms with Crippen LogP contribution in [0.1, 0.15) is 11.1 Å². The minimum Gasteiger partial charge on any atom is -0.270 e. The molecule has 0 aliphatic rings. The van der Waals surface area contributed by atoms with Crippen molar-refractivity contribution < 1.29 is 0 Å². The molecule has 6 aromatic rings. The van der Waals surface area contributed by atoms with Crippen LogP contribution in [0.15, 0.2) is 95.6 Å². The number of hydrogen-bond acceptors (Lipinski definition) is 7. The van der Waals surface area contributed by atoms with Crippen LogP contribution >= 0.6 is 11.8 Å². The standard InChI is InChI=1S/C26H20N8S/c1-17-10-11-21(13-18(17)2)33-24(19-7-4-3-5-8-19)31-32-26(33)35-23-14-22(20-9-6-12-27-15-20)30-25-28-16-29-34(23)25/h3-16H,1-2H3. The zero-order chi connectivity index (χ0) is 23.8. The predicted molar refractivity (Wildman–Crippen MR) is 134 cm³/mol. The first-order valence-electron chi connectivity index (χ1n) is 11.0. The summed E-state index contributed by atoms with van der Waals surface area (Å²) < 4.78 is 3.80. The molecule has 0 amide bonds. The molecule has 0 saturated carbocycles. The lowest BCUT2D eigenvalue weighted by molar-refractivity contribution is 0.829. The normalized spacial score (nSPS) is 11.3. The highest BCUT2D eigenvalue weighted by molar-refractivity contribution is 7.99. The number of aromatic nitrogens is 8. The molecule has 4 heterocycles. The summed E-state index contributed by atoms with van der Waals surface area (Å²) in [5.41, 5.74) is 6.09. The number of rotatable bonds is 5. The smallest absolute Gasteiger partial charge is 0.253 e. The topological polar surface area (TPSA) is 86.7 Å². The SMILES string of the molecule is Cc1ccc(-n2c(Sc3cc(-c4cccnc4)nc4ncnn34)nnc2-c2ccccc2)cc1C. The molecule has 0 atom stereocenters. The average Bonchev–Trinajstić information content (AvgIpc) is 3.54. The molecule has 9 heteroatoms. The molecule has 0 spiro atoms. The van der Waals surface area contributed by atoms with E-state index in [1.165, 1.54) is 29.2 Å². The van der Waals surface area contributed by atoms with Gasteiger partial charge in [0.25, 0.3) is 5.78 Å². The van der Waals surface area contributed by atoms with Gasteiger partial charge in [-0.3, -0.25) is 9.55 Å². The molecule has 0 aliphatic heterocycles. The van der Waals surface area contributed by atoms with Crippen molar-refractivity contribution in [3.05, 3.63) is 96.6 Å². The molecule has 0 radical (unpaired) electrons. The van der Waals surface area contributed by atoms with Crippen molar-refractivity contribution in [2.24, 2.45) is 0 Å². The molecule has 4 aromatic heterocycles. The van der Waals surface area contributed by atoms with Gasteiger partial charge in [0, 0.05) is 23.5 Å². The van der Waals surface area contributed by atoms with Crippen LogP contribution in [0.5, 0.6) is 0 Å². The molecule has 2 aromatic carbocycles. The van der Waals surface area contributed by atoms with E-state index in [2.05, 4.69) is 66.9 Å².